The molecule has 3 amide bonds. The molecule has 8 aliphatic heterocycles. The summed E-state index contributed by atoms with van der Waals surface area (Å²) >= 11 is 0. The number of phenols is 1. The summed E-state index contributed by atoms with van der Waals surface area (Å²) in [5.74, 6) is 4.39. The second-order valence-corrected chi connectivity index (χ2v) is 35.3. The number of rotatable bonds is 22. The summed E-state index contributed by atoms with van der Waals surface area (Å²) in [6.45, 7) is 31.6. The number of nitrogens with zero attached hydrogens (tertiary/aromatic N) is 17. The first kappa shape index (κ1) is 87.8. The van der Waals surface area contributed by atoms with E-state index in [1.54, 1.807) is 11.2 Å². The Balaban J connectivity index is 0.000000136. The average molecular weight is 1750 g/mol. The highest BCUT2D eigenvalue weighted by Crippen LogP contribution is 2.40. The van der Waals surface area contributed by atoms with Gasteiger partial charge >= 0.3 is 12.2 Å². The fourth-order valence-electron chi connectivity index (χ4n) is 18.6. The second kappa shape index (κ2) is 41.7. The number of amides is 3. The first-order chi connectivity index (χ1) is 62.6. The molecule has 5 saturated heterocycles. The molecule has 29 heteroatoms. The minimum Gasteiger partial charge on any atom is -0.508 e. The largest absolute Gasteiger partial charge is 0.508 e. The Morgan fingerprint density at radius 2 is 0.797 bits per heavy atom. The number of carbonyl (C=O) groups excluding carboxylic acids is 3. The van der Waals surface area contributed by atoms with Crippen LogP contribution in [-0.2, 0) is 86.7 Å². The van der Waals surface area contributed by atoms with Crippen molar-refractivity contribution in [2.45, 2.75) is 84.0 Å². The summed E-state index contributed by atoms with van der Waals surface area (Å²) in [7, 11) is -1.31. The molecule has 8 aromatic carbocycles. The van der Waals surface area contributed by atoms with Crippen LogP contribution in [0.15, 0.2) is 188 Å². The van der Waals surface area contributed by atoms with Crippen molar-refractivity contribution in [3.8, 4) is 5.75 Å². The van der Waals surface area contributed by atoms with Gasteiger partial charge in [-0.1, -0.05) is 152 Å². The molecule has 11 aromatic rings. The summed E-state index contributed by atoms with van der Waals surface area (Å²) in [6.07, 6.45) is 6.93. The number of benzene rings is 8. The molecule has 0 saturated carbocycles. The standard InChI is InChI=1S/C37H45N7O3.C31H39N7O3.C31H33N5O3S/c1-28-24-30-10-5-6-11-31(30)34(25-28)44-15-12-32-33(26-44)39-36(38-13-7-14-41-20-22-46-23-21-41)40-35(32)42-16-18-43(19-17-42)37(45)47-27-29-8-3-2-4-9-29;1-2-29(40)36-12-14-37(15-13-36)30-26-8-11-38(28-21-24(39)20-23-6-3-4-7-25(23)28)22-27(26)33-31(34-30)32-9-5-10-35-16-18-41-19-17-35;1-22-18-24-10-6-7-11-25(24)28(19-22)36-13-12-26-27(20-36)32-30(40(2)38)33-29(26)34-14-16-35(17-15-34)31(37)39-21-23-8-4-3-5-9-23/h2-6,8-11,24-25H,7,12-23,26-27H2,1H3,(H,38,39,40);2-4,6-7,20-21,39H,1,5,8-19,22H2,(H,32,33,34);3-11,18-19H,12-17,20-21H2,1-2H3. The molecule has 0 bridgehead atoms. The lowest BCUT2D eigenvalue weighted by atomic mass is 10.0. The average Bonchev–Trinajstić information content (AvgIpc) is 0.769. The quantitative estimate of drug-likeness (QED) is 0.0323. The van der Waals surface area contributed by atoms with Crippen molar-refractivity contribution >= 4 is 108 Å². The lowest BCUT2D eigenvalue weighted by Crippen LogP contribution is -2.49. The molecule has 0 radical (unpaired) electrons. The fourth-order valence-corrected chi connectivity index (χ4v) is 19.0. The summed E-state index contributed by atoms with van der Waals surface area (Å²) in [5, 5.41) is 25.0. The molecule has 128 heavy (non-hydrogen) atoms. The van der Waals surface area contributed by atoms with Crippen LogP contribution in [-0.4, -0.2) is 265 Å². The van der Waals surface area contributed by atoms with Gasteiger partial charge < -0.3 is 78.8 Å². The molecule has 0 aliphatic carbocycles. The van der Waals surface area contributed by atoms with Crippen molar-refractivity contribution in [2.24, 2.45) is 0 Å². The number of aromatic nitrogens is 6. The number of ether oxygens (including phenoxy) is 4. The van der Waals surface area contributed by atoms with Crippen LogP contribution in [0, 0.1) is 13.8 Å². The van der Waals surface area contributed by atoms with E-state index in [2.05, 4.69) is 149 Å². The zero-order valence-corrected chi connectivity index (χ0v) is 74.7. The molecule has 1 unspecified atom stereocenters. The molecule has 11 heterocycles. The van der Waals surface area contributed by atoms with Gasteiger partial charge in [-0.05, 0) is 122 Å². The van der Waals surface area contributed by atoms with Crippen LogP contribution < -0.4 is 40.0 Å². The number of piperazine rings is 3. The smallest absolute Gasteiger partial charge is 0.410 e. The summed E-state index contributed by atoms with van der Waals surface area (Å²) in [4.78, 5) is 91.9. The minimum atomic E-state index is -1.31. The van der Waals surface area contributed by atoms with Crippen molar-refractivity contribution in [2.75, 3.05) is 223 Å². The molecule has 28 nitrogen and oxygen atoms in total. The van der Waals surface area contributed by atoms with Crippen LogP contribution in [0.4, 0.5) is 56.0 Å². The molecule has 3 aromatic heterocycles. The number of anilines is 8. The lowest BCUT2D eigenvalue weighted by molar-refractivity contribution is -0.126. The van der Waals surface area contributed by atoms with Crippen molar-refractivity contribution < 1.29 is 42.6 Å². The summed E-state index contributed by atoms with van der Waals surface area (Å²) in [6, 6.07) is 57.5. The Labute approximate surface area is 751 Å². The summed E-state index contributed by atoms with van der Waals surface area (Å²) in [5.41, 5.74) is 14.4. The van der Waals surface area contributed by atoms with Crippen LogP contribution >= 0.6 is 0 Å². The van der Waals surface area contributed by atoms with Gasteiger partial charge in [0.2, 0.25) is 23.0 Å². The molecule has 5 fully saturated rings. The zero-order valence-electron chi connectivity index (χ0n) is 73.8. The third kappa shape index (κ3) is 21.4. The van der Waals surface area contributed by atoms with Crippen molar-refractivity contribution in [3.63, 3.8) is 0 Å². The first-order valence-electron chi connectivity index (χ1n) is 45.3. The number of phenolic OH excluding ortho intramolecular Hbond substituents is 1. The van der Waals surface area contributed by atoms with E-state index >= 15 is 0 Å². The molecule has 3 N–H and O–H groups in total. The van der Waals surface area contributed by atoms with Gasteiger partial charge in [-0.25, -0.2) is 29.5 Å². The van der Waals surface area contributed by atoms with Crippen molar-refractivity contribution in [3.05, 3.63) is 239 Å². The lowest BCUT2D eigenvalue weighted by Gasteiger charge is -2.38. The van der Waals surface area contributed by atoms with Crippen LogP contribution in [0.25, 0.3) is 32.3 Å². The highest BCUT2D eigenvalue weighted by Gasteiger charge is 2.35. The van der Waals surface area contributed by atoms with Gasteiger partial charge in [-0.2, -0.15) is 9.97 Å². The number of aryl methyl sites for hydroxylation is 2. The third-order valence-corrected chi connectivity index (χ3v) is 26.1. The van der Waals surface area contributed by atoms with Crippen LogP contribution in [0.2, 0.25) is 0 Å². The number of morpholine rings is 2. The summed E-state index contributed by atoms with van der Waals surface area (Å²) < 4.78 is 34.7. The molecular weight excluding hydrogens is 1630 g/mol. The number of hydrogen-bond donors (Lipinski definition) is 3. The Kier molecular flexibility index (Phi) is 28.6. The topological polar surface area (TPSA) is 262 Å². The Morgan fingerprint density at radius 3 is 1.20 bits per heavy atom. The van der Waals surface area contributed by atoms with Gasteiger partial charge in [0.15, 0.2) is 0 Å². The number of aromatic hydroxyl groups is 1. The first-order valence-corrected chi connectivity index (χ1v) is 46.8. The monoisotopic (exact) mass is 1750 g/mol. The maximum Gasteiger partial charge on any atom is 0.410 e. The molecule has 1 atom stereocenters. The van der Waals surface area contributed by atoms with E-state index in [4.69, 9.17) is 48.9 Å². The van der Waals surface area contributed by atoms with E-state index in [0.717, 1.165) is 218 Å². The predicted molar refractivity (Wildman–Crippen MR) is 506 cm³/mol. The van der Waals surface area contributed by atoms with Gasteiger partial charge in [0, 0.05) is 200 Å². The van der Waals surface area contributed by atoms with Crippen LogP contribution in [0.5, 0.6) is 5.75 Å². The van der Waals surface area contributed by atoms with E-state index < -0.39 is 10.8 Å². The number of nitrogens with one attached hydrogen (secondary N) is 2. The van der Waals surface area contributed by atoms with Crippen LogP contribution in [0.3, 0.4) is 0 Å². The van der Waals surface area contributed by atoms with Crippen LogP contribution in [0.1, 0.15) is 68.9 Å². The van der Waals surface area contributed by atoms with Crippen molar-refractivity contribution in [1.82, 2.24) is 54.4 Å². The highest BCUT2D eigenvalue weighted by molar-refractivity contribution is 7.84. The minimum absolute atomic E-state index is 0.0222. The van der Waals surface area contributed by atoms with Gasteiger partial charge in [0.05, 0.1) is 73.9 Å². The SMILES string of the molecule is C=CC(=O)N1CCN(c2nc(NCCCN3CCOCC3)nc3c2CCN(c2cc(O)cc4ccccc24)C3)CC1.Cc1cc(N2CCc3c(nc(NCCCN4CCOCC4)nc3N3CCN(C(=O)OCc4ccccc4)CC3)C2)c2ccccc2c1.Cc1cc(N2CCc3c(nc(S(C)=O)nc3N3CCN(C(=O)OCc4ccccc4)CC3)C2)c2ccccc2c1. The normalized spacial score (nSPS) is 17.0. The van der Waals surface area contributed by atoms with Gasteiger partial charge in [0.25, 0.3) is 0 Å². The Bertz CT molecular complexity index is 5750. The molecule has 668 valence electrons. The van der Waals surface area contributed by atoms with Crippen molar-refractivity contribution in [1.29, 1.82) is 0 Å². The number of fused-ring (bicyclic) bond motifs is 6. The van der Waals surface area contributed by atoms with E-state index in [1.165, 1.54) is 61.2 Å². The van der Waals surface area contributed by atoms with Gasteiger partial charge in [-0.3, -0.25) is 18.8 Å². The number of carbonyl (C=O) groups is 3. The second-order valence-electron chi connectivity index (χ2n) is 34.0. The van der Waals surface area contributed by atoms with E-state index in [0.29, 0.717) is 95.6 Å². The van der Waals surface area contributed by atoms with Gasteiger partial charge in [0.1, 0.15) is 36.4 Å². The van der Waals surface area contributed by atoms with E-state index in [-0.39, 0.29) is 37.1 Å². The molecule has 0 spiro atoms. The molecular formula is C99H117N19O9S. The number of hydrogen-bond acceptors (Lipinski definition) is 25. The highest BCUT2D eigenvalue weighted by atomic mass is 32.2. The Hall–Kier alpha value is -12.3. The van der Waals surface area contributed by atoms with E-state index in [1.807, 2.05) is 101 Å². The van der Waals surface area contributed by atoms with Gasteiger partial charge in [-0.15, -0.1) is 0 Å². The fraction of sp³-hybridized carbons (Fsp3) is 0.404. The zero-order chi connectivity index (χ0) is 87.8. The molecule has 19 rings (SSSR count). The maximum atomic E-state index is 12.9. The predicted octanol–water partition coefficient (Wildman–Crippen LogP) is 12.7. The Morgan fingerprint density at radius 1 is 0.430 bits per heavy atom. The maximum absolute atomic E-state index is 12.9. The van der Waals surface area contributed by atoms with E-state index in [9.17, 15) is 23.7 Å². The third-order valence-electron chi connectivity index (χ3n) is 25.4. The molecule has 8 aliphatic rings.